The molecule has 6 nitrogen and oxygen atoms in total. The molecule has 3 rings (SSSR count). The van der Waals surface area contributed by atoms with Crippen molar-refractivity contribution in [2.24, 2.45) is 10.1 Å². The second-order valence-electron chi connectivity index (χ2n) is 5.06. The lowest BCUT2D eigenvalue weighted by Gasteiger charge is -2.05. The monoisotopic (exact) mass is 419 g/mol. The van der Waals surface area contributed by atoms with E-state index in [4.69, 9.17) is 0 Å². The van der Waals surface area contributed by atoms with Crippen LogP contribution in [0.3, 0.4) is 0 Å². The van der Waals surface area contributed by atoms with E-state index >= 15 is 0 Å². The molecule has 1 heterocycles. The van der Waals surface area contributed by atoms with E-state index in [9.17, 15) is 15.3 Å². The average Bonchev–Trinajstić information content (AvgIpc) is 3.02. The first-order valence-corrected chi connectivity index (χ1v) is 8.86. The Bertz CT molecular complexity index is 1010. The minimum atomic E-state index is -0.576. The average molecular weight is 420 g/mol. The van der Waals surface area contributed by atoms with Crippen molar-refractivity contribution in [3.8, 4) is 28.5 Å². The zero-order chi connectivity index (χ0) is 18.0. The van der Waals surface area contributed by atoms with Gasteiger partial charge in [-0.3, -0.25) is 4.99 Å². The van der Waals surface area contributed by atoms with Gasteiger partial charge in [0.2, 0.25) is 10.6 Å². The van der Waals surface area contributed by atoms with Crippen LogP contribution in [0, 0.1) is 0 Å². The molecule has 0 fully saturated rings. The number of phenolic OH excluding ortho intramolecular Hbond substituents is 3. The molecular formula is C17H14BrN3O3S. The van der Waals surface area contributed by atoms with Crippen LogP contribution in [0.25, 0.3) is 11.3 Å². The van der Waals surface area contributed by atoms with Gasteiger partial charge in [0.05, 0.1) is 11.9 Å². The summed E-state index contributed by atoms with van der Waals surface area (Å²) in [6.07, 6.45) is 1.40. The van der Waals surface area contributed by atoms with Gasteiger partial charge in [-0.15, -0.1) is 11.3 Å². The van der Waals surface area contributed by atoms with Gasteiger partial charge in [-0.05, 0) is 24.3 Å². The molecule has 1 aromatic heterocycles. The summed E-state index contributed by atoms with van der Waals surface area (Å²) in [6, 6.07) is 10.5. The van der Waals surface area contributed by atoms with Crippen LogP contribution >= 0.6 is 27.3 Å². The standard InChI is InChI=1S/C17H14BrN3O3S/c1-19-17-21(13(9-25-17)10-2-5-12(18)6-3-10)20-8-11-4-7-14(22)16(24)15(11)23/h2-9,22-24H,1H3. The van der Waals surface area contributed by atoms with Gasteiger partial charge in [0.1, 0.15) is 0 Å². The van der Waals surface area contributed by atoms with E-state index in [1.807, 2.05) is 29.6 Å². The Labute approximate surface area is 155 Å². The van der Waals surface area contributed by atoms with Crippen molar-refractivity contribution in [3.63, 3.8) is 0 Å². The lowest BCUT2D eigenvalue weighted by atomic mass is 10.2. The van der Waals surface area contributed by atoms with Gasteiger partial charge in [-0.1, -0.05) is 28.1 Å². The number of phenols is 3. The summed E-state index contributed by atoms with van der Waals surface area (Å²) in [5, 5.41) is 35.2. The number of hydrogen-bond acceptors (Lipinski definition) is 6. The summed E-state index contributed by atoms with van der Waals surface area (Å²) in [5.74, 6) is -1.40. The van der Waals surface area contributed by atoms with Crippen LogP contribution < -0.4 is 4.80 Å². The number of aromatic nitrogens is 1. The van der Waals surface area contributed by atoms with Gasteiger partial charge in [0.15, 0.2) is 11.5 Å². The predicted molar refractivity (Wildman–Crippen MR) is 101 cm³/mol. The quantitative estimate of drug-likeness (QED) is 0.448. The van der Waals surface area contributed by atoms with E-state index in [1.165, 1.54) is 29.7 Å². The van der Waals surface area contributed by atoms with Gasteiger partial charge < -0.3 is 15.3 Å². The highest BCUT2D eigenvalue weighted by Gasteiger charge is 2.11. The molecular weight excluding hydrogens is 406 g/mol. The van der Waals surface area contributed by atoms with Crippen LogP contribution in [0.1, 0.15) is 5.56 Å². The van der Waals surface area contributed by atoms with Crippen molar-refractivity contribution in [1.29, 1.82) is 0 Å². The number of hydrogen-bond donors (Lipinski definition) is 3. The normalized spacial score (nSPS) is 12.2. The molecule has 3 aromatic rings. The number of aromatic hydroxyl groups is 3. The smallest absolute Gasteiger partial charge is 0.205 e. The molecule has 0 bridgehead atoms. The zero-order valence-corrected chi connectivity index (χ0v) is 15.5. The third-order valence-corrected chi connectivity index (χ3v) is 4.93. The van der Waals surface area contributed by atoms with Crippen molar-refractivity contribution in [2.45, 2.75) is 0 Å². The first kappa shape index (κ1) is 17.2. The van der Waals surface area contributed by atoms with Gasteiger partial charge in [-0.25, -0.2) is 4.68 Å². The molecule has 0 radical (unpaired) electrons. The molecule has 0 aliphatic rings. The first-order chi connectivity index (χ1) is 12.0. The van der Waals surface area contributed by atoms with Crippen LogP contribution in [-0.2, 0) is 0 Å². The van der Waals surface area contributed by atoms with Gasteiger partial charge in [-0.2, -0.15) is 5.10 Å². The molecule has 0 saturated heterocycles. The number of thiazole rings is 1. The number of benzene rings is 2. The van der Waals surface area contributed by atoms with Gasteiger partial charge in [0.25, 0.3) is 0 Å². The molecule has 0 spiro atoms. The van der Waals surface area contributed by atoms with E-state index in [0.29, 0.717) is 4.80 Å². The third kappa shape index (κ3) is 3.45. The van der Waals surface area contributed by atoms with Gasteiger partial charge in [0, 0.05) is 28.0 Å². The molecule has 2 aromatic carbocycles. The summed E-state index contributed by atoms with van der Waals surface area (Å²) in [4.78, 5) is 4.88. The Balaban J connectivity index is 2.07. The second-order valence-corrected chi connectivity index (χ2v) is 6.81. The van der Waals surface area contributed by atoms with E-state index in [0.717, 1.165) is 15.7 Å². The maximum atomic E-state index is 9.91. The highest BCUT2D eigenvalue weighted by Crippen LogP contribution is 2.36. The van der Waals surface area contributed by atoms with E-state index in [-0.39, 0.29) is 5.56 Å². The number of nitrogens with zero attached hydrogens (tertiary/aromatic N) is 3. The van der Waals surface area contributed by atoms with Crippen molar-refractivity contribution >= 4 is 33.5 Å². The molecule has 0 saturated carbocycles. The molecule has 0 aliphatic heterocycles. The Morgan fingerprint density at radius 1 is 1.04 bits per heavy atom. The maximum Gasteiger partial charge on any atom is 0.205 e. The number of halogens is 1. The summed E-state index contributed by atoms with van der Waals surface area (Å²) in [7, 11) is 1.67. The topological polar surface area (TPSA) is 90.3 Å². The molecule has 0 atom stereocenters. The van der Waals surface area contributed by atoms with Crippen molar-refractivity contribution in [2.75, 3.05) is 7.05 Å². The molecule has 25 heavy (non-hydrogen) atoms. The van der Waals surface area contributed by atoms with E-state index < -0.39 is 17.2 Å². The molecule has 0 aliphatic carbocycles. The van der Waals surface area contributed by atoms with E-state index in [1.54, 1.807) is 11.7 Å². The Kier molecular flexibility index (Phi) is 4.91. The highest BCUT2D eigenvalue weighted by atomic mass is 79.9. The minimum Gasteiger partial charge on any atom is -0.504 e. The SMILES string of the molecule is CN=c1scc(-c2ccc(Br)cc2)n1N=Cc1ccc(O)c(O)c1O. The lowest BCUT2D eigenvalue weighted by Crippen LogP contribution is -2.11. The summed E-state index contributed by atoms with van der Waals surface area (Å²) >= 11 is 4.85. The van der Waals surface area contributed by atoms with Crippen LogP contribution in [-0.4, -0.2) is 33.3 Å². The summed E-state index contributed by atoms with van der Waals surface area (Å²) < 4.78 is 2.63. The molecule has 0 amide bonds. The first-order valence-electron chi connectivity index (χ1n) is 7.19. The molecule has 3 N–H and O–H groups in total. The van der Waals surface area contributed by atoms with Crippen LogP contribution in [0.4, 0.5) is 0 Å². The Morgan fingerprint density at radius 3 is 2.44 bits per heavy atom. The fourth-order valence-electron chi connectivity index (χ4n) is 2.19. The largest absolute Gasteiger partial charge is 0.504 e. The molecule has 8 heteroatoms. The second kappa shape index (κ2) is 7.12. The number of rotatable bonds is 3. The molecule has 128 valence electrons. The van der Waals surface area contributed by atoms with Crippen molar-refractivity contribution in [1.82, 2.24) is 4.68 Å². The zero-order valence-electron chi connectivity index (χ0n) is 13.1. The van der Waals surface area contributed by atoms with Crippen LogP contribution in [0.15, 0.2) is 56.3 Å². The van der Waals surface area contributed by atoms with Crippen molar-refractivity contribution < 1.29 is 15.3 Å². The lowest BCUT2D eigenvalue weighted by molar-refractivity contribution is 0.367. The van der Waals surface area contributed by atoms with Gasteiger partial charge >= 0.3 is 0 Å². The fourth-order valence-corrected chi connectivity index (χ4v) is 3.26. The van der Waals surface area contributed by atoms with Crippen LogP contribution in [0.5, 0.6) is 17.2 Å². The third-order valence-electron chi connectivity index (χ3n) is 3.49. The maximum absolute atomic E-state index is 9.91. The predicted octanol–water partition coefficient (Wildman–Crippen LogP) is 3.51. The fraction of sp³-hybridized carbons (Fsp3) is 0.0588. The Hall–Kier alpha value is -2.58. The summed E-state index contributed by atoms with van der Waals surface area (Å²) in [5.41, 5.74) is 2.08. The molecule has 0 unspecified atom stereocenters. The minimum absolute atomic E-state index is 0.276. The summed E-state index contributed by atoms with van der Waals surface area (Å²) in [6.45, 7) is 0. The Morgan fingerprint density at radius 2 is 1.76 bits per heavy atom. The van der Waals surface area contributed by atoms with Crippen molar-refractivity contribution in [3.05, 3.63) is 56.6 Å². The van der Waals surface area contributed by atoms with Crippen LogP contribution in [0.2, 0.25) is 0 Å². The van der Waals surface area contributed by atoms with E-state index in [2.05, 4.69) is 26.0 Å². The highest BCUT2D eigenvalue weighted by molar-refractivity contribution is 9.10.